The highest BCUT2D eigenvalue weighted by atomic mass is 79.9. The van der Waals surface area contributed by atoms with Crippen LogP contribution in [0.3, 0.4) is 0 Å². The molecular weight excluding hydrogens is 324 g/mol. The Morgan fingerprint density at radius 2 is 1.86 bits per heavy atom. The van der Waals surface area contributed by atoms with Gasteiger partial charge in [0, 0.05) is 21.6 Å². The molecule has 1 aromatic heterocycles. The first-order valence-electron chi connectivity index (χ1n) is 7.02. The van der Waals surface area contributed by atoms with E-state index in [9.17, 15) is 0 Å². The summed E-state index contributed by atoms with van der Waals surface area (Å²) in [5.41, 5.74) is 4.38. The average Bonchev–Trinajstić information content (AvgIpc) is 2.48. The minimum atomic E-state index is 0.218. The van der Waals surface area contributed by atoms with Crippen LogP contribution in [-0.4, -0.2) is 4.98 Å². The number of hydrogen-bond acceptors (Lipinski definition) is 2. The smallest absolute Gasteiger partial charge is 0.0936 e. The van der Waals surface area contributed by atoms with Crippen LogP contribution in [0, 0.1) is 6.92 Å². The molecule has 1 heterocycles. The molecular formula is C18H17BrN2. The molecule has 1 N–H and O–H groups in total. The lowest BCUT2D eigenvalue weighted by Gasteiger charge is -2.17. The summed E-state index contributed by atoms with van der Waals surface area (Å²) >= 11 is 3.53. The van der Waals surface area contributed by atoms with Crippen molar-refractivity contribution in [3.63, 3.8) is 0 Å². The standard InChI is InChI=1S/C18H17BrN2/c1-12-9-10-14-5-4-8-17(18(14)20-12)21-13(2)15-6-3-7-16(19)11-15/h3-11,13,21H,1-2H3. The number of pyridine rings is 1. The van der Waals surface area contributed by atoms with Gasteiger partial charge in [-0.05, 0) is 43.7 Å². The topological polar surface area (TPSA) is 24.9 Å². The minimum Gasteiger partial charge on any atom is -0.377 e. The van der Waals surface area contributed by atoms with Crippen molar-refractivity contribution in [3.05, 3.63) is 70.3 Å². The molecule has 0 aliphatic rings. The molecule has 0 saturated heterocycles. The van der Waals surface area contributed by atoms with Gasteiger partial charge in [0.15, 0.2) is 0 Å². The Hall–Kier alpha value is -1.87. The van der Waals surface area contributed by atoms with E-state index in [0.29, 0.717) is 0 Å². The van der Waals surface area contributed by atoms with Gasteiger partial charge in [0.25, 0.3) is 0 Å². The van der Waals surface area contributed by atoms with Crippen molar-refractivity contribution in [2.75, 3.05) is 5.32 Å². The number of halogens is 1. The van der Waals surface area contributed by atoms with Crippen LogP contribution in [0.4, 0.5) is 5.69 Å². The Morgan fingerprint density at radius 3 is 2.67 bits per heavy atom. The predicted molar refractivity (Wildman–Crippen MR) is 92.7 cm³/mol. The first-order chi connectivity index (χ1) is 10.1. The molecule has 0 saturated carbocycles. The second-order valence-corrected chi connectivity index (χ2v) is 6.17. The molecule has 0 spiro atoms. The Bertz CT molecular complexity index is 783. The van der Waals surface area contributed by atoms with Gasteiger partial charge in [0.1, 0.15) is 0 Å². The molecule has 21 heavy (non-hydrogen) atoms. The van der Waals surface area contributed by atoms with E-state index < -0.39 is 0 Å². The van der Waals surface area contributed by atoms with Gasteiger partial charge in [-0.15, -0.1) is 0 Å². The molecule has 0 fully saturated rings. The third kappa shape index (κ3) is 3.08. The maximum absolute atomic E-state index is 4.67. The van der Waals surface area contributed by atoms with E-state index in [1.807, 2.05) is 19.1 Å². The SMILES string of the molecule is Cc1ccc2cccc(NC(C)c3cccc(Br)c3)c2n1. The molecule has 2 nitrogen and oxygen atoms in total. The summed E-state index contributed by atoms with van der Waals surface area (Å²) in [4.78, 5) is 4.67. The van der Waals surface area contributed by atoms with Crippen LogP contribution in [0.5, 0.6) is 0 Å². The first kappa shape index (κ1) is 14.1. The number of rotatable bonds is 3. The highest BCUT2D eigenvalue weighted by Gasteiger charge is 2.09. The summed E-state index contributed by atoms with van der Waals surface area (Å²) in [5.74, 6) is 0. The van der Waals surface area contributed by atoms with E-state index in [1.165, 1.54) is 5.56 Å². The Balaban J connectivity index is 1.96. The summed E-state index contributed by atoms with van der Waals surface area (Å²) < 4.78 is 1.10. The molecule has 3 aromatic rings. The lowest BCUT2D eigenvalue weighted by atomic mass is 10.1. The van der Waals surface area contributed by atoms with E-state index in [0.717, 1.165) is 26.8 Å². The van der Waals surface area contributed by atoms with Gasteiger partial charge >= 0.3 is 0 Å². The van der Waals surface area contributed by atoms with Crippen LogP contribution in [0.2, 0.25) is 0 Å². The molecule has 3 heteroatoms. The van der Waals surface area contributed by atoms with E-state index in [1.54, 1.807) is 0 Å². The predicted octanol–water partition coefficient (Wildman–Crippen LogP) is 5.48. The lowest BCUT2D eigenvalue weighted by Crippen LogP contribution is -2.07. The van der Waals surface area contributed by atoms with Crippen LogP contribution in [-0.2, 0) is 0 Å². The number of nitrogens with zero attached hydrogens (tertiary/aromatic N) is 1. The lowest BCUT2D eigenvalue weighted by molar-refractivity contribution is 0.885. The number of para-hydroxylation sites is 1. The number of nitrogens with one attached hydrogen (secondary N) is 1. The van der Waals surface area contributed by atoms with Crippen LogP contribution in [0.25, 0.3) is 10.9 Å². The van der Waals surface area contributed by atoms with Crippen molar-refractivity contribution in [3.8, 4) is 0 Å². The van der Waals surface area contributed by atoms with Gasteiger partial charge in [-0.25, -0.2) is 0 Å². The average molecular weight is 341 g/mol. The molecule has 0 aliphatic carbocycles. The molecule has 0 amide bonds. The summed E-state index contributed by atoms with van der Waals surface area (Å²) in [5, 5.41) is 4.73. The monoisotopic (exact) mass is 340 g/mol. The van der Waals surface area contributed by atoms with Gasteiger partial charge in [0.2, 0.25) is 0 Å². The zero-order valence-electron chi connectivity index (χ0n) is 12.1. The fourth-order valence-corrected chi connectivity index (χ4v) is 2.87. The molecule has 0 bridgehead atoms. The Morgan fingerprint density at radius 1 is 1.05 bits per heavy atom. The fraction of sp³-hybridized carbons (Fsp3) is 0.167. The van der Waals surface area contributed by atoms with Gasteiger partial charge in [-0.3, -0.25) is 4.98 Å². The van der Waals surface area contributed by atoms with Crippen molar-refractivity contribution in [1.29, 1.82) is 0 Å². The molecule has 1 atom stereocenters. The number of aryl methyl sites for hydroxylation is 1. The number of anilines is 1. The third-order valence-electron chi connectivity index (χ3n) is 3.58. The summed E-state index contributed by atoms with van der Waals surface area (Å²) in [6.07, 6.45) is 0. The van der Waals surface area contributed by atoms with Gasteiger partial charge in [-0.2, -0.15) is 0 Å². The second-order valence-electron chi connectivity index (χ2n) is 5.25. The first-order valence-corrected chi connectivity index (χ1v) is 7.81. The van der Waals surface area contributed by atoms with Crippen molar-refractivity contribution in [2.24, 2.45) is 0 Å². The molecule has 3 rings (SSSR count). The number of aromatic nitrogens is 1. The summed E-state index contributed by atoms with van der Waals surface area (Å²) in [6.45, 7) is 4.18. The molecule has 2 aromatic carbocycles. The zero-order chi connectivity index (χ0) is 14.8. The van der Waals surface area contributed by atoms with Crippen molar-refractivity contribution in [2.45, 2.75) is 19.9 Å². The van der Waals surface area contributed by atoms with Gasteiger partial charge in [0.05, 0.1) is 11.2 Å². The normalized spacial score (nSPS) is 12.3. The number of fused-ring (bicyclic) bond motifs is 1. The van der Waals surface area contributed by atoms with Gasteiger partial charge in [-0.1, -0.05) is 46.3 Å². The second kappa shape index (κ2) is 5.86. The number of benzene rings is 2. The molecule has 0 radical (unpaired) electrons. The van der Waals surface area contributed by atoms with E-state index in [2.05, 4.69) is 75.6 Å². The minimum absolute atomic E-state index is 0.218. The quantitative estimate of drug-likeness (QED) is 0.682. The van der Waals surface area contributed by atoms with Crippen LogP contribution >= 0.6 is 15.9 Å². The maximum atomic E-state index is 4.67. The van der Waals surface area contributed by atoms with Crippen molar-refractivity contribution in [1.82, 2.24) is 4.98 Å². The maximum Gasteiger partial charge on any atom is 0.0936 e. The highest BCUT2D eigenvalue weighted by molar-refractivity contribution is 9.10. The fourth-order valence-electron chi connectivity index (χ4n) is 2.45. The van der Waals surface area contributed by atoms with Gasteiger partial charge < -0.3 is 5.32 Å². The largest absolute Gasteiger partial charge is 0.377 e. The van der Waals surface area contributed by atoms with E-state index in [4.69, 9.17) is 0 Å². The van der Waals surface area contributed by atoms with Crippen LogP contribution in [0.15, 0.2) is 59.1 Å². The third-order valence-corrected chi connectivity index (χ3v) is 4.07. The molecule has 106 valence electrons. The van der Waals surface area contributed by atoms with Crippen molar-refractivity contribution < 1.29 is 0 Å². The summed E-state index contributed by atoms with van der Waals surface area (Å²) in [6, 6.07) is 19.0. The summed E-state index contributed by atoms with van der Waals surface area (Å²) in [7, 11) is 0. The van der Waals surface area contributed by atoms with E-state index >= 15 is 0 Å². The van der Waals surface area contributed by atoms with Crippen molar-refractivity contribution >= 4 is 32.5 Å². The Labute approximate surface area is 133 Å². The highest BCUT2D eigenvalue weighted by Crippen LogP contribution is 2.27. The molecule has 1 unspecified atom stereocenters. The van der Waals surface area contributed by atoms with E-state index in [-0.39, 0.29) is 6.04 Å². The van der Waals surface area contributed by atoms with Crippen LogP contribution in [0.1, 0.15) is 24.2 Å². The van der Waals surface area contributed by atoms with Crippen LogP contribution < -0.4 is 5.32 Å². The number of hydrogen-bond donors (Lipinski definition) is 1. The molecule has 0 aliphatic heterocycles. The Kier molecular flexibility index (Phi) is 3.93. The zero-order valence-corrected chi connectivity index (χ0v) is 13.7.